The Balaban J connectivity index is 0.00000169. The van der Waals surface area contributed by atoms with Crippen molar-refractivity contribution >= 4 is 35.6 Å². The molecule has 1 aromatic carbocycles. The molecule has 1 unspecified atom stereocenters. The van der Waals surface area contributed by atoms with Crippen molar-refractivity contribution in [3.8, 4) is 0 Å². The molecule has 130 valence electrons. The molecular formula is C16H19Cl3N4O. The number of benzene rings is 1. The molecule has 1 N–H and O–H groups in total. The van der Waals surface area contributed by atoms with Gasteiger partial charge in [0.2, 0.25) is 5.89 Å². The van der Waals surface area contributed by atoms with Gasteiger partial charge in [-0.05, 0) is 32.0 Å². The van der Waals surface area contributed by atoms with Gasteiger partial charge < -0.3 is 9.84 Å². The molecule has 2 fully saturated rings. The van der Waals surface area contributed by atoms with E-state index in [4.69, 9.17) is 32.7 Å². The smallest absolute Gasteiger partial charge is 0.237 e. The minimum Gasteiger partial charge on any atom is -0.338 e. The monoisotopic (exact) mass is 388 g/mol. The maximum Gasteiger partial charge on any atom is 0.237 e. The summed E-state index contributed by atoms with van der Waals surface area (Å²) in [7, 11) is 2.08. The lowest BCUT2D eigenvalue weighted by atomic mass is 9.95. The fourth-order valence-corrected chi connectivity index (χ4v) is 4.07. The van der Waals surface area contributed by atoms with Crippen molar-refractivity contribution < 1.29 is 4.52 Å². The summed E-state index contributed by atoms with van der Waals surface area (Å²) >= 11 is 12.8. The van der Waals surface area contributed by atoms with Gasteiger partial charge in [-0.3, -0.25) is 4.90 Å². The molecule has 2 aliphatic rings. The van der Waals surface area contributed by atoms with Crippen LogP contribution in [-0.2, 0) is 5.41 Å². The highest BCUT2D eigenvalue weighted by Gasteiger charge is 2.53. The summed E-state index contributed by atoms with van der Waals surface area (Å²) in [5.74, 6) is 1.35. The third-order valence-electron chi connectivity index (χ3n) is 4.85. The molecule has 24 heavy (non-hydrogen) atoms. The summed E-state index contributed by atoms with van der Waals surface area (Å²) in [5, 5.41) is 8.92. The Morgan fingerprint density at radius 1 is 1.29 bits per heavy atom. The van der Waals surface area contributed by atoms with E-state index < -0.39 is 0 Å². The molecule has 1 atom stereocenters. The molecule has 0 radical (unpaired) electrons. The van der Waals surface area contributed by atoms with E-state index in [2.05, 4.69) is 22.4 Å². The lowest BCUT2D eigenvalue weighted by Crippen LogP contribution is -2.44. The average Bonchev–Trinajstić information content (AvgIpc) is 3.17. The Hall–Kier alpha value is -0.850. The van der Waals surface area contributed by atoms with E-state index in [0.717, 1.165) is 43.9 Å². The first-order valence-corrected chi connectivity index (χ1v) is 8.57. The summed E-state index contributed by atoms with van der Waals surface area (Å²) in [6.45, 7) is 2.78. The zero-order valence-electron chi connectivity index (χ0n) is 13.3. The topological polar surface area (TPSA) is 54.2 Å². The van der Waals surface area contributed by atoms with Crippen LogP contribution >= 0.6 is 35.6 Å². The normalized spacial score (nSPS) is 22.9. The fraction of sp³-hybridized carbons (Fsp3) is 0.500. The molecule has 2 heterocycles. The number of nitrogens with one attached hydrogen (secondary N) is 1. The predicted octanol–water partition coefficient (Wildman–Crippen LogP) is 3.45. The van der Waals surface area contributed by atoms with Gasteiger partial charge in [0.1, 0.15) is 0 Å². The van der Waals surface area contributed by atoms with Crippen LogP contribution in [0.3, 0.4) is 0 Å². The zero-order valence-corrected chi connectivity index (χ0v) is 15.6. The lowest BCUT2D eigenvalue weighted by Gasteiger charge is -2.30. The maximum atomic E-state index is 6.39. The standard InChI is InChI=1S/C16H18Cl2N4O.ClH/c1-22-8-7-19-9-12(22)14-20-15(23-21-14)16(5-6-16)13-10(17)3-2-4-11(13)18;/h2-4,12,19H,5-9H2,1H3;1H. The number of nitrogens with zero attached hydrogens (tertiary/aromatic N) is 3. The first kappa shape index (κ1) is 18.0. The molecule has 1 saturated carbocycles. The van der Waals surface area contributed by atoms with Gasteiger partial charge in [0.05, 0.1) is 11.5 Å². The summed E-state index contributed by atoms with van der Waals surface area (Å²) in [6.07, 6.45) is 1.85. The molecular weight excluding hydrogens is 371 g/mol. The van der Waals surface area contributed by atoms with Crippen LogP contribution in [0.2, 0.25) is 10.0 Å². The van der Waals surface area contributed by atoms with E-state index >= 15 is 0 Å². The molecule has 2 aromatic rings. The van der Waals surface area contributed by atoms with Crippen LogP contribution in [0, 0.1) is 0 Å². The van der Waals surface area contributed by atoms with Crippen molar-refractivity contribution in [2.24, 2.45) is 0 Å². The van der Waals surface area contributed by atoms with E-state index in [1.165, 1.54) is 0 Å². The number of piperazine rings is 1. The van der Waals surface area contributed by atoms with Gasteiger partial charge in [-0.15, -0.1) is 12.4 Å². The van der Waals surface area contributed by atoms with Crippen LogP contribution in [0.15, 0.2) is 22.7 Å². The third kappa shape index (κ3) is 2.93. The first-order chi connectivity index (χ1) is 11.1. The largest absolute Gasteiger partial charge is 0.338 e. The van der Waals surface area contributed by atoms with Gasteiger partial charge >= 0.3 is 0 Å². The van der Waals surface area contributed by atoms with E-state index in [1.807, 2.05) is 18.2 Å². The Labute approximate surface area is 157 Å². The van der Waals surface area contributed by atoms with Gasteiger partial charge in [0, 0.05) is 35.2 Å². The lowest BCUT2D eigenvalue weighted by molar-refractivity contribution is 0.190. The fourth-order valence-electron chi connectivity index (χ4n) is 3.31. The van der Waals surface area contributed by atoms with Gasteiger partial charge in [-0.1, -0.05) is 34.4 Å². The highest BCUT2D eigenvalue weighted by atomic mass is 35.5. The van der Waals surface area contributed by atoms with E-state index in [0.29, 0.717) is 15.9 Å². The van der Waals surface area contributed by atoms with Crippen molar-refractivity contribution in [2.75, 3.05) is 26.7 Å². The second kappa shape index (κ2) is 6.81. The molecule has 5 nitrogen and oxygen atoms in total. The maximum absolute atomic E-state index is 6.39. The number of aromatic nitrogens is 2. The first-order valence-electron chi connectivity index (χ1n) is 7.81. The highest BCUT2D eigenvalue weighted by molar-refractivity contribution is 6.36. The number of rotatable bonds is 3. The van der Waals surface area contributed by atoms with Crippen molar-refractivity contribution in [3.05, 3.63) is 45.5 Å². The minimum atomic E-state index is -0.318. The van der Waals surface area contributed by atoms with Gasteiger partial charge in [-0.25, -0.2) is 0 Å². The number of hydrogen-bond donors (Lipinski definition) is 1. The van der Waals surface area contributed by atoms with Gasteiger partial charge in [-0.2, -0.15) is 4.98 Å². The molecule has 8 heteroatoms. The summed E-state index contributed by atoms with van der Waals surface area (Å²) < 4.78 is 5.63. The third-order valence-corrected chi connectivity index (χ3v) is 5.48. The number of likely N-dealkylation sites (N-methyl/N-ethyl adjacent to an activating group) is 1. The number of halogens is 3. The van der Waals surface area contributed by atoms with Crippen LogP contribution in [-0.4, -0.2) is 41.7 Å². The summed E-state index contributed by atoms with van der Waals surface area (Å²) in [6, 6.07) is 5.71. The Bertz CT molecular complexity index is 712. The molecule has 1 aliphatic heterocycles. The molecule has 1 aromatic heterocycles. The molecule has 0 bridgehead atoms. The summed E-state index contributed by atoms with van der Waals surface area (Å²) in [5.41, 5.74) is 0.593. The van der Waals surface area contributed by atoms with Gasteiger partial charge in [0.15, 0.2) is 5.82 Å². The van der Waals surface area contributed by atoms with Crippen molar-refractivity contribution in [1.82, 2.24) is 20.4 Å². The second-order valence-electron chi connectivity index (χ2n) is 6.34. The van der Waals surface area contributed by atoms with Crippen LogP contribution in [0.4, 0.5) is 0 Å². The highest BCUT2D eigenvalue weighted by Crippen LogP contribution is 2.56. The van der Waals surface area contributed by atoms with Crippen LogP contribution in [0.1, 0.15) is 36.2 Å². The molecule has 0 spiro atoms. The summed E-state index contributed by atoms with van der Waals surface area (Å²) in [4.78, 5) is 6.94. The number of hydrogen-bond acceptors (Lipinski definition) is 5. The van der Waals surface area contributed by atoms with Gasteiger partial charge in [0.25, 0.3) is 0 Å². The zero-order chi connectivity index (χ0) is 16.0. The second-order valence-corrected chi connectivity index (χ2v) is 7.15. The van der Waals surface area contributed by atoms with E-state index in [9.17, 15) is 0 Å². The van der Waals surface area contributed by atoms with E-state index in [-0.39, 0.29) is 23.9 Å². The molecule has 1 aliphatic carbocycles. The quantitative estimate of drug-likeness (QED) is 0.871. The molecule has 1 saturated heterocycles. The molecule has 0 amide bonds. The van der Waals surface area contributed by atoms with Crippen LogP contribution in [0.5, 0.6) is 0 Å². The van der Waals surface area contributed by atoms with Crippen LogP contribution in [0.25, 0.3) is 0 Å². The average molecular weight is 390 g/mol. The predicted molar refractivity (Wildman–Crippen MR) is 96.3 cm³/mol. The molecule has 4 rings (SSSR count). The van der Waals surface area contributed by atoms with Crippen molar-refractivity contribution in [2.45, 2.75) is 24.3 Å². The van der Waals surface area contributed by atoms with E-state index in [1.54, 1.807) is 0 Å². The van der Waals surface area contributed by atoms with Crippen molar-refractivity contribution in [3.63, 3.8) is 0 Å². The van der Waals surface area contributed by atoms with Crippen LogP contribution < -0.4 is 5.32 Å². The minimum absolute atomic E-state index is 0. The SMILES string of the molecule is CN1CCNCC1c1noc(C2(c3c(Cl)cccc3Cl)CC2)n1.Cl. The Morgan fingerprint density at radius 2 is 2.00 bits per heavy atom. The van der Waals surface area contributed by atoms with Crippen molar-refractivity contribution in [1.29, 1.82) is 0 Å². The Morgan fingerprint density at radius 3 is 2.62 bits per heavy atom. The Kier molecular flexibility index (Phi) is 5.09.